The van der Waals surface area contributed by atoms with Crippen molar-refractivity contribution in [3.63, 3.8) is 0 Å². The number of piperazine rings is 1. The van der Waals surface area contributed by atoms with E-state index in [-0.39, 0.29) is 0 Å². The third-order valence-corrected chi connectivity index (χ3v) is 4.44. The number of rotatable bonds is 0. The molecule has 0 aromatic carbocycles. The van der Waals surface area contributed by atoms with E-state index in [1.807, 2.05) is 0 Å². The second kappa shape index (κ2) is 2.98. The molecule has 2 fully saturated rings. The molecule has 0 aromatic heterocycles. The Kier molecular flexibility index (Phi) is 2.27. The molecular formula is C13H26N2. The lowest BCUT2D eigenvalue weighted by atomic mass is 9.73. The van der Waals surface area contributed by atoms with Crippen molar-refractivity contribution in [3.05, 3.63) is 0 Å². The van der Waals surface area contributed by atoms with Gasteiger partial charge in [0.15, 0.2) is 0 Å². The summed E-state index contributed by atoms with van der Waals surface area (Å²) in [6.45, 7) is 16.5. The Morgan fingerprint density at radius 1 is 1.13 bits per heavy atom. The zero-order chi connectivity index (χ0) is 11.5. The van der Waals surface area contributed by atoms with Crippen molar-refractivity contribution in [1.82, 2.24) is 10.2 Å². The average Bonchev–Trinajstić information content (AvgIpc) is 2.57. The molecule has 0 spiro atoms. The smallest absolute Gasteiger partial charge is 0.0373 e. The zero-order valence-corrected chi connectivity index (χ0v) is 11.1. The molecule has 88 valence electrons. The summed E-state index contributed by atoms with van der Waals surface area (Å²) in [5.41, 5.74) is 1.03. The van der Waals surface area contributed by atoms with Gasteiger partial charge in [-0.3, -0.25) is 4.90 Å². The van der Waals surface area contributed by atoms with Crippen LogP contribution in [0, 0.1) is 5.41 Å². The van der Waals surface area contributed by atoms with E-state index in [1.165, 1.54) is 19.5 Å². The first-order chi connectivity index (χ1) is 6.66. The number of likely N-dealkylation sites (tertiary alicyclic amines) is 1. The van der Waals surface area contributed by atoms with E-state index in [0.717, 1.165) is 6.04 Å². The van der Waals surface area contributed by atoms with Gasteiger partial charge >= 0.3 is 0 Å². The van der Waals surface area contributed by atoms with Crippen LogP contribution in [0.1, 0.15) is 48.0 Å². The second-order valence-electron chi connectivity index (χ2n) is 7.37. The van der Waals surface area contributed by atoms with Crippen molar-refractivity contribution >= 4 is 0 Å². The number of hydrogen-bond acceptors (Lipinski definition) is 2. The van der Waals surface area contributed by atoms with Gasteiger partial charge in [0.05, 0.1) is 0 Å². The standard InChI is InChI=1S/C13H26N2/c1-11(2,3)13-7-10(8-14-13)15(9-13)12(4,5)6/h10,14H,7-9H2,1-6H3. The van der Waals surface area contributed by atoms with Crippen LogP contribution < -0.4 is 5.32 Å². The zero-order valence-electron chi connectivity index (χ0n) is 11.1. The van der Waals surface area contributed by atoms with E-state index < -0.39 is 0 Å². The third kappa shape index (κ3) is 1.62. The summed E-state index contributed by atoms with van der Waals surface area (Å²) in [4.78, 5) is 2.69. The van der Waals surface area contributed by atoms with Gasteiger partial charge < -0.3 is 5.32 Å². The molecule has 1 N–H and O–H groups in total. The van der Waals surface area contributed by atoms with Gasteiger partial charge in [-0.15, -0.1) is 0 Å². The summed E-state index contributed by atoms with van der Waals surface area (Å²) in [5.74, 6) is 0. The molecule has 2 heteroatoms. The molecule has 2 aliphatic heterocycles. The summed E-state index contributed by atoms with van der Waals surface area (Å²) in [6.07, 6.45) is 1.33. The fourth-order valence-corrected chi connectivity index (χ4v) is 3.21. The highest BCUT2D eigenvalue weighted by Gasteiger charge is 2.56. The van der Waals surface area contributed by atoms with Crippen LogP contribution in [0.4, 0.5) is 0 Å². The van der Waals surface area contributed by atoms with E-state index in [9.17, 15) is 0 Å². The largest absolute Gasteiger partial charge is 0.308 e. The third-order valence-electron chi connectivity index (χ3n) is 4.44. The number of nitrogens with one attached hydrogen (secondary N) is 1. The van der Waals surface area contributed by atoms with E-state index in [2.05, 4.69) is 51.8 Å². The predicted octanol–water partition coefficient (Wildman–Crippen LogP) is 2.25. The SMILES string of the molecule is CC(C)(C)N1CC2(C(C)(C)C)CC1CN2. The molecule has 2 aliphatic rings. The number of fused-ring (bicyclic) bond motifs is 2. The highest BCUT2D eigenvalue weighted by atomic mass is 15.3. The van der Waals surface area contributed by atoms with Crippen molar-refractivity contribution in [2.45, 2.75) is 65.1 Å². The summed E-state index contributed by atoms with van der Waals surface area (Å²) < 4.78 is 0. The summed E-state index contributed by atoms with van der Waals surface area (Å²) in [6, 6.07) is 0.754. The lowest BCUT2D eigenvalue weighted by molar-refractivity contribution is 0.0610. The second-order valence-corrected chi connectivity index (χ2v) is 7.37. The monoisotopic (exact) mass is 210 g/mol. The van der Waals surface area contributed by atoms with E-state index in [4.69, 9.17) is 0 Å². The van der Waals surface area contributed by atoms with Crippen molar-refractivity contribution in [2.75, 3.05) is 13.1 Å². The minimum atomic E-state index is 0.319. The molecule has 2 bridgehead atoms. The average molecular weight is 210 g/mol. The minimum absolute atomic E-state index is 0.319. The van der Waals surface area contributed by atoms with Crippen LogP contribution in [0.2, 0.25) is 0 Å². The first kappa shape index (κ1) is 11.4. The van der Waals surface area contributed by atoms with Gasteiger partial charge in [0, 0.05) is 30.2 Å². The van der Waals surface area contributed by atoms with Crippen LogP contribution in [-0.2, 0) is 0 Å². The van der Waals surface area contributed by atoms with Crippen LogP contribution in [0.25, 0.3) is 0 Å². The quantitative estimate of drug-likeness (QED) is 0.660. The Bertz CT molecular complexity index is 259. The van der Waals surface area contributed by atoms with E-state index in [0.29, 0.717) is 16.5 Å². The Labute approximate surface area is 94.4 Å². The van der Waals surface area contributed by atoms with Gasteiger partial charge in [0.2, 0.25) is 0 Å². The van der Waals surface area contributed by atoms with Crippen molar-refractivity contribution < 1.29 is 0 Å². The molecule has 2 unspecified atom stereocenters. The normalized spacial score (nSPS) is 37.6. The van der Waals surface area contributed by atoms with Gasteiger partial charge in [0.1, 0.15) is 0 Å². The van der Waals surface area contributed by atoms with E-state index >= 15 is 0 Å². The maximum atomic E-state index is 3.77. The maximum absolute atomic E-state index is 3.77. The van der Waals surface area contributed by atoms with Crippen LogP contribution in [0.15, 0.2) is 0 Å². The molecule has 0 aliphatic carbocycles. The maximum Gasteiger partial charge on any atom is 0.0373 e. The van der Waals surface area contributed by atoms with E-state index in [1.54, 1.807) is 0 Å². The lowest BCUT2D eigenvalue weighted by Crippen LogP contribution is -2.61. The highest BCUT2D eigenvalue weighted by Crippen LogP contribution is 2.46. The molecule has 2 heterocycles. The fraction of sp³-hybridized carbons (Fsp3) is 1.00. The van der Waals surface area contributed by atoms with Gasteiger partial charge in [-0.25, -0.2) is 0 Å². The minimum Gasteiger partial charge on any atom is -0.308 e. The molecule has 15 heavy (non-hydrogen) atoms. The molecule has 2 nitrogen and oxygen atoms in total. The topological polar surface area (TPSA) is 15.3 Å². The van der Waals surface area contributed by atoms with Crippen LogP contribution >= 0.6 is 0 Å². The Morgan fingerprint density at radius 2 is 1.73 bits per heavy atom. The summed E-state index contributed by atoms with van der Waals surface area (Å²) in [5, 5.41) is 3.77. The first-order valence-corrected chi connectivity index (χ1v) is 6.18. The van der Waals surface area contributed by atoms with Gasteiger partial charge in [-0.05, 0) is 32.6 Å². The lowest BCUT2D eigenvalue weighted by Gasteiger charge is -2.46. The molecule has 0 saturated carbocycles. The molecule has 0 radical (unpaired) electrons. The number of hydrogen-bond donors (Lipinski definition) is 1. The molecule has 0 aromatic rings. The van der Waals surface area contributed by atoms with Crippen molar-refractivity contribution in [1.29, 1.82) is 0 Å². The Morgan fingerprint density at radius 3 is 2.07 bits per heavy atom. The molecule has 0 amide bonds. The van der Waals surface area contributed by atoms with Crippen LogP contribution in [0.5, 0.6) is 0 Å². The van der Waals surface area contributed by atoms with Crippen molar-refractivity contribution in [2.24, 2.45) is 5.41 Å². The fourth-order valence-electron chi connectivity index (χ4n) is 3.21. The van der Waals surface area contributed by atoms with Gasteiger partial charge in [-0.2, -0.15) is 0 Å². The molecule has 2 rings (SSSR count). The first-order valence-electron chi connectivity index (χ1n) is 6.18. The molecule has 2 saturated heterocycles. The van der Waals surface area contributed by atoms with Gasteiger partial charge in [0.25, 0.3) is 0 Å². The highest BCUT2D eigenvalue weighted by molar-refractivity contribution is 5.15. The van der Waals surface area contributed by atoms with Crippen LogP contribution in [0.3, 0.4) is 0 Å². The predicted molar refractivity (Wildman–Crippen MR) is 65.1 cm³/mol. The molecular weight excluding hydrogens is 184 g/mol. The Hall–Kier alpha value is -0.0800. The number of nitrogens with zero attached hydrogens (tertiary/aromatic N) is 1. The van der Waals surface area contributed by atoms with Crippen LogP contribution in [-0.4, -0.2) is 35.1 Å². The van der Waals surface area contributed by atoms with Gasteiger partial charge in [-0.1, -0.05) is 20.8 Å². The summed E-state index contributed by atoms with van der Waals surface area (Å²) >= 11 is 0. The van der Waals surface area contributed by atoms with Crippen molar-refractivity contribution in [3.8, 4) is 0 Å². The molecule has 2 atom stereocenters. The summed E-state index contributed by atoms with van der Waals surface area (Å²) in [7, 11) is 0. The Balaban J connectivity index is 2.23.